The van der Waals surface area contributed by atoms with E-state index >= 15 is 0 Å². The summed E-state index contributed by atoms with van der Waals surface area (Å²) < 4.78 is 5.54. The Bertz CT molecular complexity index is 695. The number of nitrogens with zero attached hydrogens (tertiary/aromatic N) is 4. The predicted molar refractivity (Wildman–Crippen MR) is 94.4 cm³/mol. The van der Waals surface area contributed by atoms with E-state index in [-0.39, 0.29) is 11.9 Å². The minimum atomic E-state index is -1.09. The van der Waals surface area contributed by atoms with E-state index in [0.29, 0.717) is 17.8 Å². The van der Waals surface area contributed by atoms with Crippen LogP contribution >= 0.6 is 0 Å². The highest BCUT2D eigenvalue weighted by atomic mass is 16.4. The summed E-state index contributed by atoms with van der Waals surface area (Å²) in [5.74, 6) is 0.275. The molecule has 1 aromatic carbocycles. The number of rotatable bonds is 6. The van der Waals surface area contributed by atoms with Gasteiger partial charge < -0.3 is 20.2 Å². The Balaban J connectivity index is 1.62. The third-order valence-corrected chi connectivity index (χ3v) is 4.34. The zero-order valence-corrected chi connectivity index (χ0v) is 14.1. The normalized spacial score (nSPS) is 15.2. The van der Waals surface area contributed by atoms with Crippen molar-refractivity contribution in [1.82, 2.24) is 15.1 Å². The predicted octanol–water partition coefficient (Wildman–Crippen LogP) is 2.68. The van der Waals surface area contributed by atoms with E-state index in [1.807, 2.05) is 0 Å². The van der Waals surface area contributed by atoms with E-state index in [4.69, 9.17) is 10.2 Å². The molecule has 3 N–H and O–H groups in total. The zero-order chi connectivity index (χ0) is 17.6. The summed E-state index contributed by atoms with van der Waals surface area (Å²) in [6.45, 7) is 3.39. The van der Waals surface area contributed by atoms with Gasteiger partial charge in [0.15, 0.2) is 0 Å². The topological polar surface area (TPSA) is 109 Å². The van der Waals surface area contributed by atoms with Gasteiger partial charge in [-0.25, -0.2) is 9.69 Å². The molecule has 2 aromatic rings. The Hall–Kier alpha value is -2.61. The van der Waals surface area contributed by atoms with Crippen molar-refractivity contribution in [2.45, 2.75) is 25.7 Å². The Morgan fingerprint density at radius 1 is 1.20 bits per heavy atom. The van der Waals surface area contributed by atoms with E-state index in [2.05, 4.69) is 15.1 Å². The second-order valence-electron chi connectivity index (χ2n) is 6.20. The van der Waals surface area contributed by atoms with Gasteiger partial charge in [-0.1, -0.05) is 11.5 Å². The highest BCUT2D eigenvalue weighted by Gasteiger charge is 2.22. The number of carbonyl (C=O) groups is 1. The van der Waals surface area contributed by atoms with Crippen LogP contribution < -0.4 is 10.6 Å². The fourth-order valence-corrected chi connectivity index (χ4v) is 2.98. The van der Waals surface area contributed by atoms with Gasteiger partial charge >= 0.3 is 12.1 Å². The first kappa shape index (κ1) is 17.2. The third kappa shape index (κ3) is 4.48. The Labute approximate surface area is 146 Å². The fourth-order valence-electron chi connectivity index (χ4n) is 2.98. The molecule has 8 nitrogen and oxygen atoms in total. The van der Waals surface area contributed by atoms with Crippen molar-refractivity contribution < 1.29 is 14.3 Å². The number of anilines is 2. The van der Waals surface area contributed by atoms with Crippen LogP contribution in [0.2, 0.25) is 0 Å². The first-order chi connectivity index (χ1) is 12.1. The van der Waals surface area contributed by atoms with Crippen LogP contribution in [0.25, 0.3) is 11.5 Å². The first-order valence-electron chi connectivity index (χ1n) is 8.56. The average Bonchev–Trinajstić information content (AvgIpc) is 3.09. The molecule has 1 aliphatic rings. The van der Waals surface area contributed by atoms with Gasteiger partial charge in [0.05, 0.1) is 0 Å². The maximum atomic E-state index is 11.5. The van der Waals surface area contributed by atoms with Crippen LogP contribution in [0.3, 0.4) is 0 Å². The highest BCUT2D eigenvalue weighted by molar-refractivity contribution is 5.83. The van der Waals surface area contributed by atoms with E-state index < -0.39 is 6.09 Å². The standard InChI is InChI=1S/C17H23N5O3/c18-14-7-5-13(6-8-14)15-19-20-16(25-15)22(17(23)24)12-4-11-21-9-2-1-3-10-21/h5-8H,1-4,9-12,18H2,(H,23,24). The summed E-state index contributed by atoms with van der Waals surface area (Å²) in [6, 6.07) is 6.97. The Morgan fingerprint density at radius 2 is 1.92 bits per heavy atom. The largest absolute Gasteiger partial charge is 0.465 e. The molecule has 0 unspecified atom stereocenters. The van der Waals surface area contributed by atoms with Crippen molar-refractivity contribution >= 4 is 17.8 Å². The minimum absolute atomic E-state index is 0.00188. The zero-order valence-electron chi connectivity index (χ0n) is 14.1. The molecular weight excluding hydrogens is 322 g/mol. The molecule has 0 radical (unpaired) electrons. The molecule has 1 aliphatic heterocycles. The number of carboxylic acid groups (broad SMARTS) is 1. The Morgan fingerprint density at radius 3 is 2.60 bits per heavy atom. The lowest BCUT2D eigenvalue weighted by molar-refractivity contribution is 0.197. The number of hydrogen-bond acceptors (Lipinski definition) is 6. The Kier molecular flexibility index (Phi) is 5.49. The number of nitrogen functional groups attached to an aromatic ring is 1. The van der Waals surface area contributed by atoms with Crippen molar-refractivity contribution in [3.05, 3.63) is 24.3 Å². The smallest absolute Gasteiger partial charge is 0.415 e. The molecule has 0 bridgehead atoms. The van der Waals surface area contributed by atoms with Crippen LogP contribution in [-0.4, -0.2) is 52.5 Å². The van der Waals surface area contributed by atoms with Gasteiger partial charge in [-0.05, 0) is 63.2 Å². The number of hydrogen-bond donors (Lipinski definition) is 2. The van der Waals surface area contributed by atoms with Gasteiger partial charge in [0.1, 0.15) is 0 Å². The van der Waals surface area contributed by atoms with Crippen LogP contribution in [0.4, 0.5) is 16.5 Å². The van der Waals surface area contributed by atoms with Crippen LogP contribution in [0.15, 0.2) is 28.7 Å². The molecule has 0 saturated carbocycles. The molecule has 0 aliphatic carbocycles. The maximum absolute atomic E-state index is 11.5. The van der Waals surface area contributed by atoms with E-state index in [9.17, 15) is 9.90 Å². The molecule has 1 saturated heterocycles. The molecule has 1 amide bonds. The second-order valence-corrected chi connectivity index (χ2v) is 6.20. The summed E-state index contributed by atoms with van der Waals surface area (Å²) in [6.07, 6.45) is 3.36. The monoisotopic (exact) mass is 345 g/mol. The van der Waals surface area contributed by atoms with Gasteiger partial charge in [-0.3, -0.25) is 0 Å². The number of aromatic nitrogens is 2. The highest BCUT2D eigenvalue weighted by Crippen LogP contribution is 2.23. The second kappa shape index (κ2) is 7.98. The lowest BCUT2D eigenvalue weighted by atomic mass is 10.1. The molecule has 8 heteroatoms. The van der Waals surface area contributed by atoms with Gasteiger partial charge in [0, 0.05) is 17.8 Å². The summed E-state index contributed by atoms with van der Waals surface area (Å²) in [5.41, 5.74) is 6.99. The van der Waals surface area contributed by atoms with Crippen molar-refractivity contribution in [3.63, 3.8) is 0 Å². The molecule has 3 rings (SSSR count). The minimum Gasteiger partial charge on any atom is -0.465 e. The van der Waals surface area contributed by atoms with E-state index in [1.165, 1.54) is 19.3 Å². The summed E-state index contributed by atoms with van der Waals surface area (Å²) in [5, 5.41) is 17.3. The molecular formula is C17H23N5O3. The fraction of sp³-hybridized carbons (Fsp3) is 0.471. The van der Waals surface area contributed by atoms with E-state index in [1.54, 1.807) is 24.3 Å². The lowest BCUT2D eigenvalue weighted by Gasteiger charge is -2.26. The average molecular weight is 345 g/mol. The number of amides is 1. The van der Waals surface area contributed by atoms with Crippen LogP contribution in [0.5, 0.6) is 0 Å². The first-order valence-corrected chi connectivity index (χ1v) is 8.56. The molecule has 2 heterocycles. The van der Waals surface area contributed by atoms with E-state index in [0.717, 1.165) is 31.0 Å². The molecule has 134 valence electrons. The quantitative estimate of drug-likeness (QED) is 0.775. The van der Waals surface area contributed by atoms with Crippen molar-refractivity contribution in [3.8, 4) is 11.5 Å². The molecule has 0 spiro atoms. The maximum Gasteiger partial charge on any atom is 0.415 e. The van der Waals surface area contributed by atoms with Gasteiger partial charge in [0.2, 0.25) is 5.89 Å². The van der Waals surface area contributed by atoms with Gasteiger partial charge in [-0.2, -0.15) is 0 Å². The number of piperidine rings is 1. The van der Waals surface area contributed by atoms with Gasteiger partial charge in [-0.15, -0.1) is 5.10 Å². The number of likely N-dealkylation sites (tertiary alicyclic amines) is 1. The molecule has 25 heavy (non-hydrogen) atoms. The third-order valence-electron chi connectivity index (χ3n) is 4.34. The van der Waals surface area contributed by atoms with Crippen LogP contribution in [0.1, 0.15) is 25.7 Å². The number of nitrogens with two attached hydrogens (primary N) is 1. The van der Waals surface area contributed by atoms with Gasteiger partial charge in [0.25, 0.3) is 0 Å². The van der Waals surface area contributed by atoms with Crippen LogP contribution in [0, 0.1) is 0 Å². The van der Waals surface area contributed by atoms with Crippen LogP contribution in [-0.2, 0) is 0 Å². The lowest BCUT2D eigenvalue weighted by Crippen LogP contribution is -2.35. The molecule has 0 atom stereocenters. The number of benzene rings is 1. The van der Waals surface area contributed by atoms with Crippen molar-refractivity contribution in [2.24, 2.45) is 0 Å². The summed E-state index contributed by atoms with van der Waals surface area (Å²) in [4.78, 5) is 15.0. The molecule has 1 aromatic heterocycles. The summed E-state index contributed by atoms with van der Waals surface area (Å²) >= 11 is 0. The summed E-state index contributed by atoms with van der Waals surface area (Å²) in [7, 11) is 0. The van der Waals surface area contributed by atoms with Crippen molar-refractivity contribution in [2.75, 3.05) is 36.8 Å². The van der Waals surface area contributed by atoms with Crippen molar-refractivity contribution in [1.29, 1.82) is 0 Å². The SMILES string of the molecule is Nc1ccc(-c2nnc(N(CCCN3CCCCC3)C(=O)O)o2)cc1. The molecule has 1 fully saturated rings.